The molecule has 6 heteroatoms. The number of nitrogens with two attached hydrogens (primary N) is 1. The van der Waals surface area contributed by atoms with Crippen LogP contribution in [0.2, 0.25) is 0 Å². The van der Waals surface area contributed by atoms with Gasteiger partial charge in [-0.3, -0.25) is 0 Å². The van der Waals surface area contributed by atoms with Gasteiger partial charge in [0.05, 0.1) is 0 Å². The van der Waals surface area contributed by atoms with Crippen LogP contribution in [0, 0.1) is 0 Å². The molecule has 1 aromatic rings. The molecule has 0 amide bonds. The summed E-state index contributed by atoms with van der Waals surface area (Å²) in [6, 6.07) is 0. The van der Waals surface area contributed by atoms with Gasteiger partial charge in [0.2, 0.25) is 5.82 Å². The number of aliphatic hydroxyl groups excluding tert-OH is 1. The van der Waals surface area contributed by atoms with Crippen LogP contribution in [-0.2, 0) is 10.3 Å². The summed E-state index contributed by atoms with van der Waals surface area (Å²) in [7, 11) is 0. The second-order valence-electron chi connectivity index (χ2n) is 3.99. The molecule has 0 fully saturated rings. The largest absolute Gasteiger partial charge is 0.383 e. The first-order valence-corrected chi connectivity index (χ1v) is 5.37. The van der Waals surface area contributed by atoms with E-state index in [-0.39, 0.29) is 5.89 Å². The molecule has 0 saturated carbocycles. The Kier molecular flexibility index (Phi) is 4.40. The summed E-state index contributed by atoms with van der Waals surface area (Å²) in [6.45, 7) is 6.52. The molecule has 0 saturated heterocycles. The molecule has 0 aliphatic carbocycles. The maximum atomic E-state index is 9.61. The zero-order valence-electron chi connectivity index (χ0n) is 9.93. The fourth-order valence-electron chi connectivity index (χ4n) is 1.32. The average Bonchev–Trinajstić information content (AvgIpc) is 2.67. The number of rotatable bonds is 6. The Balaban J connectivity index is 2.78. The highest BCUT2D eigenvalue weighted by Gasteiger charge is 2.28. The van der Waals surface area contributed by atoms with E-state index in [2.05, 4.69) is 10.1 Å². The lowest BCUT2D eigenvalue weighted by Crippen LogP contribution is -2.23. The van der Waals surface area contributed by atoms with E-state index in [1.165, 1.54) is 0 Å². The van der Waals surface area contributed by atoms with Crippen LogP contribution in [0.3, 0.4) is 0 Å². The van der Waals surface area contributed by atoms with E-state index in [1.807, 2.05) is 20.8 Å². The van der Waals surface area contributed by atoms with Crippen LogP contribution < -0.4 is 5.73 Å². The van der Waals surface area contributed by atoms with Gasteiger partial charge in [-0.05, 0) is 33.7 Å². The summed E-state index contributed by atoms with van der Waals surface area (Å²) in [5, 5.41) is 13.4. The van der Waals surface area contributed by atoms with Gasteiger partial charge in [0.15, 0.2) is 0 Å². The van der Waals surface area contributed by atoms with Crippen molar-refractivity contribution in [2.75, 3.05) is 13.2 Å². The summed E-state index contributed by atoms with van der Waals surface area (Å²) in [5.41, 5.74) is 4.72. The summed E-state index contributed by atoms with van der Waals surface area (Å²) in [4.78, 5) is 4.11. The maximum absolute atomic E-state index is 9.61. The quantitative estimate of drug-likeness (QED) is 0.746. The van der Waals surface area contributed by atoms with Crippen LogP contribution in [0.25, 0.3) is 0 Å². The predicted octanol–water partition coefficient (Wildman–Crippen LogP) is 0.723. The zero-order chi connectivity index (χ0) is 12.2. The van der Waals surface area contributed by atoms with E-state index in [0.717, 1.165) is 0 Å². The van der Waals surface area contributed by atoms with Gasteiger partial charge in [0.1, 0.15) is 11.7 Å². The molecule has 1 unspecified atom stereocenters. The van der Waals surface area contributed by atoms with E-state index in [1.54, 1.807) is 0 Å². The molecule has 0 radical (unpaired) electrons. The third kappa shape index (κ3) is 3.01. The van der Waals surface area contributed by atoms with Gasteiger partial charge in [0, 0.05) is 6.61 Å². The molecule has 16 heavy (non-hydrogen) atoms. The molecule has 92 valence electrons. The lowest BCUT2D eigenvalue weighted by atomic mass is 10.1. The minimum absolute atomic E-state index is 0.188. The van der Waals surface area contributed by atoms with Crippen molar-refractivity contribution in [3.05, 3.63) is 11.7 Å². The number of ether oxygens (including phenoxy) is 1. The number of nitrogens with zero attached hydrogens (tertiary/aromatic N) is 2. The van der Waals surface area contributed by atoms with E-state index in [9.17, 15) is 5.11 Å². The Morgan fingerprint density at radius 3 is 2.81 bits per heavy atom. The SMILES string of the molecule is CCOC(C)(C)c1noc(C(O)CCN)n1. The van der Waals surface area contributed by atoms with Crippen molar-refractivity contribution in [2.45, 2.75) is 38.9 Å². The highest BCUT2D eigenvalue weighted by Crippen LogP contribution is 2.23. The minimum atomic E-state index is -0.802. The Bertz CT molecular complexity index is 325. The molecule has 6 nitrogen and oxygen atoms in total. The van der Waals surface area contributed by atoms with Crippen LogP contribution >= 0.6 is 0 Å². The maximum Gasteiger partial charge on any atom is 0.255 e. The van der Waals surface area contributed by atoms with Gasteiger partial charge in [-0.2, -0.15) is 4.98 Å². The Labute approximate surface area is 94.8 Å². The molecular formula is C10H19N3O3. The molecule has 3 N–H and O–H groups in total. The van der Waals surface area contributed by atoms with Crippen LogP contribution in [0.1, 0.15) is 45.0 Å². The topological polar surface area (TPSA) is 94.4 Å². The van der Waals surface area contributed by atoms with E-state index >= 15 is 0 Å². The predicted molar refractivity (Wildman–Crippen MR) is 57.6 cm³/mol. The molecule has 0 bridgehead atoms. The van der Waals surface area contributed by atoms with Crippen LogP contribution in [0.15, 0.2) is 4.52 Å². The molecule has 1 rings (SSSR count). The summed E-state index contributed by atoms with van der Waals surface area (Å²) in [6.07, 6.45) is -0.403. The van der Waals surface area contributed by atoms with E-state index in [0.29, 0.717) is 25.4 Å². The highest BCUT2D eigenvalue weighted by atomic mass is 16.5. The van der Waals surface area contributed by atoms with Crippen molar-refractivity contribution in [2.24, 2.45) is 5.73 Å². The fourth-order valence-corrected chi connectivity index (χ4v) is 1.32. The van der Waals surface area contributed by atoms with Crippen molar-refractivity contribution in [3.8, 4) is 0 Å². The van der Waals surface area contributed by atoms with E-state index < -0.39 is 11.7 Å². The Hall–Kier alpha value is -0.980. The summed E-state index contributed by atoms with van der Waals surface area (Å²) >= 11 is 0. The molecule has 0 aliphatic rings. The first-order valence-electron chi connectivity index (χ1n) is 5.37. The molecule has 0 spiro atoms. The minimum Gasteiger partial charge on any atom is -0.383 e. The fraction of sp³-hybridized carbons (Fsp3) is 0.800. The van der Waals surface area contributed by atoms with Gasteiger partial charge in [-0.25, -0.2) is 0 Å². The number of aliphatic hydroxyl groups is 1. The summed E-state index contributed by atoms with van der Waals surface area (Å²) in [5.74, 6) is 0.619. The Morgan fingerprint density at radius 2 is 2.25 bits per heavy atom. The van der Waals surface area contributed by atoms with Gasteiger partial charge in [-0.1, -0.05) is 5.16 Å². The van der Waals surface area contributed by atoms with E-state index in [4.69, 9.17) is 15.0 Å². The molecule has 1 heterocycles. The normalized spacial score (nSPS) is 14.1. The average molecular weight is 229 g/mol. The van der Waals surface area contributed by atoms with Crippen LogP contribution in [0.4, 0.5) is 0 Å². The van der Waals surface area contributed by atoms with Gasteiger partial charge >= 0.3 is 0 Å². The van der Waals surface area contributed by atoms with Crippen LogP contribution in [-0.4, -0.2) is 28.4 Å². The van der Waals surface area contributed by atoms with Crippen molar-refractivity contribution in [1.82, 2.24) is 10.1 Å². The van der Waals surface area contributed by atoms with Gasteiger partial charge < -0.3 is 20.1 Å². The van der Waals surface area contributed by atoms with Gasteiger partial charge in [0.25, 0.3) is 5.89 Å². The van der Waals surface area contributed by atoms with Crippen molar-refractivity contribution in [1.29, 1.82) is 0 Å². The second kappa shape index (κ2) is 5.38. The lowest BCUT2D eigenvalue weighted by molar-refractivity contribution is -0.0221. The first kappa shape index (κ1) is 13.1. The zero-order valence-corrected chi connectivity index (χ0v) is 9.93. The number of hydrogen-bond donors (Lipinski definition) is 2. The lowest BCUT2D eigenvalue weighted by Gasteiger charge is -2.19. The third-order valence-electron chi connectivity index (χ3n) is 2.21. The van der Waals surface area contributed by atoms with Crippen molar-refractivity contribution >= 4 is 0 Å². The monoisotopic (exact) mass is 229 g/mol. The van der Waals surface area contributed by atoms with Gasteiger partial charge in [-0.15, -0.1) is 0 Å². The third-order valence-corrected chi connectivity index (χ3v) is 2.21. The molecule has 0 aromatic carbocycles. The van der Waals surface area contributed by atoms with Crippen LogP contribution in [0.5, 0.6) is 0 Å². The second-order valence-corrected chi connectivity index (χ2v) is 3.99. The smallest absolute Gasteiger partial charge is 0.255 e. The standard InChI is InChI=1S/C10H19N3O3/c1-4-15-10(2,3)9-12-8(16-13-9)7(14)5-6-11/h7,14H,4-6,11H2,1-3H3. The highest BCUT2D eigenvalue weighted by molar-refractivity contribution is 4.98. The number of hydrogen-bond acceptors (Lipinski definition) is 6. The Morgan fingerprint density at radius 1 is 1.56 bits per heavy atom. The molecule has 1 aromatic heterocycles. The van der Waals surface area contributed by atoms with Crippen molar-refractivity contribution < 1.29 is 14.4 Å². The molecule has 1 atom stereocenters. The van der Waals surface area contributed by atoms with Crippen molar-refractivity contribution in [3.63, 3.8) is 0 Å². The molecule has 0 aliphatic heterocycles. The summed E-state index contributed by atoms with van der Waals surface area (Å²) < 4.78 is 10.4. The molecular weight excluding hydrogens is 210 g/mol. The first-order chi connectivity index (χ1) is 7.51. The number of aromatic nitrogens is 2.